The zero-order valence-corrected chi connectivity index (χ0v) is 13.4. The number of amides is 1. The molecule has 2 aromatic rings. The van der Waals surface area contributed by atoms with Gasteiger partial charge in [0.05, 0.1) is 24.1 Å². The van der Waals surface area contributed by atoms with Gasteiger partial charge in [-0.3, -0.25) is 4.79 Å². The second kappa shape index (κ2) is 6.04. The number of ether oxygens (including phenoxy) is 1. The Morgan fingerprint density at radius 1 is 1.22 bits per heavy atom. The number of hydrazone groups is 1. The smallest absolute Gasteiger partial charge is 0.280 e. The average molecular weight is 308 g/mol. The van der Waals surface area contributed by atoms with E-state index in [0.29, 0.717) is 11.3 Å². The van der Waals surface area contributed by atoms with Gasteiger partial charge in [-0.15, -0.1) is 0 Å². The van der Waals surface area contributed by atoms with E-state index in [2.05, 4.69) is 5.10 Å². The van der Waals surface area contributed by atoms with E-state index in [4.69, 9.17) is 4.74 Å². The fraction of sp³-hybridized carbons (Fsp3) is 0.167. The van der Waals surface area contributed by atoms with E-state index < -0.39 is 0 Å². The fourth-order valence-electron chi connectivity index (χ4n) is 2.45. The Balaban J connectivity index is 1.91. The van der Waals surface area contributed by atoms with Gasteiger partial charge >= 0.3 is 0 Å². The Hall–Kier alpha value is -2.95. The van der Waals surface area contributed by atoms with Crippen molar-refractivity contribution in [2.45, 2.75) is 6.92 Å². The zero-order chi connectivity index (χ0) is 16.4. The van der Waals surface area contributed by atoms with Crippen LogP contribution in [0.5, 0.6) is 5.75 Å². The Kier molecular flexibility index (Phi) is 3.93. The number of carbonyl (C=O) groups is 1. The van der Waals surface area contributed by atoms with Crippen LogP contribution in [0.25, 0.3) is 6.08 Å². The summed E-state index contributed by atoms with van der Waals surface area (Å²) in [5.74, 6) is 0.618. The SMILES string of the molecule is COc1ccc(N2N=C(C)/C(=C\c3ccc[n+](C)c3)C2=O)cc1. The van der Waals surface area contributed by atoms with Crippen molar-refractivity contribution in [3.63, 3.8) is 0 Å². The Labute approximate surface area is 135 Å². The predicted molar refractivity (Wildman–Crippen MR) is 89.2 cm³/mol. The molecular formula is C18H18N3O2+. The highest BCUT2D eigenvalue weighted by Gasteiger charge is 2.28. The first kappa shape index (κ1) is 15.0. The van der Waals surface area contributed by atoms with Crippen LogP contribution in [0, 0.1) is 0 Å². The second-order valence-corrected chi connectivity index (χ2v) is 5.36. The first-order valence-electron chi connectivity index (χ1n) is 7.29. The van der Waals surface area contributed by atoms with E-state index >= 15 is 0 Å². The van der Waals surface area contributed by atoms with Crippen LogP contribution in [0.4, 0.5) is 5.69 Å². The van der Waals surface area contributed by atoms with Crippen LogP contribution < -0.4 is 14.3 Å². The zero-order valence-electron chi connectivity index (χ0n) is 13.4. The molecule has 0 saturated carbocycles. The van der Waals surface area contributed by atoms with Crippen molar-refractivity contribution < 1.29 is 14.1 Å². The monoisotopic (exact) mass is 308 g/mol. The van der Waals surface area contributed by atoms with E-state index in [0.717, 1.165) is 17.0 Å². The van der Waals surface area contributed by atoms with Gasteiger partial charge in [-0.25, -0.2) is 4.57 Å². The molecule has 23 heavy (non-hydrogen) atoms. The molecule has 1 aromatic carbocycles. The minimum atomic E-state index is -0.126. The summed E-state index contributed by atoms with van der Waals surface area (Å²) in [4.78, 5) is 12.7. The molecule has 2 heterocycles. The lowest BCUT2D eigenvalue weighted by Crippen LogP contribution is -2.26. The summed E-state index contributed by atoms with van der Waals surface area (Å²) >= 11 is 0. The Bertz CT molecular complexity index is 807. The number of methoxy groups -OCH3 is 1. The molecule has 0 radical (unpaired) electrons. The molecule has 116 valence electrons. The normalized spacial score (nSPS) is 16.0. The minimum Gasteiger partial charge on any atom is -0.497 e. The quantitative estimate of drug-likeness (QED) is 0.645. The van der Waals surface area contributed by atoms with E-state index in [1.807, 2.05) is 73.4 Å². The van der Waals surface area contributed by atoms with Crippen molar-refractivity contribution >= 4 is 23.4 Å². The van der Waals surface area contributed by atoms with Gasteiger partial charge < -0.3 is 4.74 Å². The first-order valence-corrected chi connectivity index (χ1v) is 7.29. The molecule has 0 spiro atoms. The molecule has 0 aliphatic carbocycles. The van der Waals surface area contributed by atoms with E-state index in [9.17, 15) is 4.79 Å². The Morgan fingerprint density at radius 3 is 2.61 bits per heavy atom. The van der Waals surface area contributed by atoms with Crippen LogP contribution >= 0.6 is 0 Å². The number of rotatable bonds is 3. The van der Waals surface area contributed by atoms with Crippen molar-refractivity contribution in [3.05, 3.63) is 59.9 Å². The largest absolute Gasteiger partial charge is 0.497 e. The third kappa shape index (κ3) is 2.99. The maximum atomic E-state index is 12.7. The summed E-state index contributed by atoms with van der Waals surface area (Å²) in [6.07, 6.45) is 5.78. The molecule has 0 fully saturated rings. The van der Waals surface area contributed by atoms with Crippen LogP contribution in [0.2, 0.25) is 0 Å². The molecular weight excluding hydrogens is 290 g/mol. The molecule has 0 unspecified atom stereocenters. The third-order valence-electron chi connectivity index (χ3n) is 3.65. The number of hydrogen-bond acceptors (Lipinski definition) is 3. The number of pyridine rings is 1. The molecule has 3 rings (SSSR count). The lowest BCUT2D eigenvalue weighted by molar-refractivity contribution is -0.671. The highest BCUT2D eigenvalue weighted by molar-refractivity contribution is 6.32. The maximum absolute atomic E-state index is 12.7. The highest BCUT2D eigenvalue weighted by atomic mass is 16.5. The standard InChI is InChI=1S/C18H18N3O2/c1-13-17(11-14-5-4-10-20(2)12-14)18(22)21(19-13)15-6-8-16(23-3)9-7-15/h4-12H,1-3H3/q+1/b17-11+. The lowest BCUT2D eigenvalue weighted by atomic mass is 10.1. The number of aromatic nitrogens is 1. The van der Waals surface area contributed by atoms with Gasteiger partial charge in [-0.1, -0.05) is 0 Å². The van der Waals surface area contributed by atoms with Gasteiger partial charge in [-0.05, 0) is 43.3 Å². The van der Waals surface area contributed by atoms with E-state index in [1.165, 1.54) is 5.01 Å². The van der Waals surface area contributed by atoms with Gasteiger partial charge in [-0.2, -0.15) is 10.1 Å². The molecule has 1 aliphatic rings. The molecule has 0 bridgehead atoms. The molecule has 5 heteroatoms. The van der Waals surface area contributed by atoms with Crippen molar-refractivity contribution in [1.82, 2.24) is 0 Å². The third-order valence-corrected chi connectivity index (χ3v) is 3.65. The fourth-order valence-corrected chi connectivity index (χ4v) is 2.45. The first-order chi connectivity index (χ1) is 11.1. The van der Waals surface area contributed by atoms with Gasteiger partial charge in [0, 0.05) is 11.6 Å². The number of carbonyl (C=O) groups excluding carboxylic acids is 1. The van der Waals surface area contributed by atoms with Gasteiger partial charge in [0.2, 0.25) is 0 Å². The molecule has 0 saturated heterocycles. The summed E-state index contributed by atoms with van der Waals surface area (Å²) in [6, 6.07) is 11.2. The number of anilines is 1. The minimum absolute atomic E-state index is 0.126. The van der Waals surface area contributed by atoms with Crippen LogP contribution in [0.3, 0.4) is 0 Å². The molecule has 1 amide bonds. The van der Waals surface area contributed by atoms with E-state index in [1.54, 1.807) is 7.11 Å². The topological polar surface area (TPSA) is 45.8 Å². The highest BCUT2D eigenvalue weighted by Crippen LogP contribution is 2.26. The van der Waals surface area contributed by atoms with E-state index in [-0.39, 0.29) is 5.91 Å². The van der Waals surface area contributed by atoms with Gasteiger partial charge in [0.25, 0.3) is 5.91 Å². The predicted octanol–water partition coefficient (Wildman–Crippen LogP) is 2.33. The molecule has 5 nitrogen and oxygen atoms in total. The number of aryl methyl sites for hydroxylation is 1. The summed E-state index contributed by atoms with van der Waals surface area (Å²) in [5, 5.41) is 5.80. The van der Waals surface area contributed by atoms with Crippen molar-refractivity contribution in [3.8, 4) is 5.75 Å². The lowest BCUT2D eigenvalue weighted by Gasteiger charge is -2.12. The summed E-state index contributed by atoms with van der Waals surface area (Å²) in [7, 11) is 3.56. The van der Waals surface area contributed by atoms with Crippen molar-refractivity contribution in [2.24, 2.45) is 12.1 Å². The number of hydrogen-bond donors (Lipinski definition) is 0. The van der Waals surface area contributed by atoms with Crippen LogP contribution in [-0.4, -0.2) is 18.7 Å². The second-order valence-electron chi connectivity index (χ2n) is 5.36. The summed E-state index contributed by atoms with van der Waals surface area (Å²) in [6.45, 7) is 1.84. The molecule has 0 atom stereocenters. The van der Waals surface area contributed by atoms with Crippen LogP contribution in [-0.2, 0) is 11.8 Å². The van der Waals surface area contributed by atoms with Gasteiger partial charge in [0.1, 0.15) is 12.8 Å². The number of benzene rings is 1. The molecule has 1 aliphatic heterocycles. The van der Waals surface area contributed by atoms with Crippen LogP contribution in [0.15, 0.2) is 59.5 Å². The summed E-state index contributed by atoms with van der Waals surface area (Å²) < 4.78 is 7.08. The molecule has 1 aromatic heterocycles. The van der Waals surface area contributed by atoms with Crippen LogP contribution in [0.1, 0.15) is 12.5 Å². The molecule has 0 N–H and O–H groups in total. The van der Waals surface area contributed by atoms with Gasteiger partial charge in [0.15, 0.2) is 12.4 Å². The Morgan fingerprint density at radius 2 is 1.96 bits per heavy atom. The maximum Gasteiger partial charge on any atom is 0.280 e. The average Bonchev–Trinajstić information content (AvgIpc) is 2.83. The number of nitrogens with zero attached hydrogens (tertiary/aromatic N) is 3. The van der Waals surface area contributed by atoms with Crippen molar-refractivity contribution in [1.29, 1.82) is 0 Å². The summed E-state index contributed by atoms with van der Waals surface area (Å²) in [5.41, 5.74) is 2.99. The van der Waals surface area contributed by atoms with Crippen molar-refractivity contribution in [2.75, 3.05) is 12.1 Å².